The lowest BCUT2D eigenvalue weighted by molar-refractivity contribution is -0.107. The minimum Gasteiger partial charge on any atom is -0.393 e. The van der Waals surface area contributed by atoms with Gasteiger partial charge in [0.15, 0.2) is 0 Å². The van der Waals surface area contributed by atoms with Crippen LogP contribution >= 0.6 is 0 Å². The van der Waals surface area contributed by atoms with Gasteiger partial charge in [0.25, 0.3) is 0 Å². The number of nitrogens with one attached hydrogen (secondary N) is 1. The van der Waals surface area contributed by atoms with Gasteiger partial charge in [-0.25, -0.2) is 0 Å². The zero-order chi connectivity index (χ0) is 6.69. The van der Waals surface area contributed by atoms with Crippen LogP contribution in [0.25, 0.3) is 0 Å². The smallest absolute Gasteiger partial charge is 0.133 e. The Balaban J connectivity index is 1.97. The SMILES string of the molecule is O=CCNC1CC(O)C1. The first-order valence-electron chi connectivity index (χ1n) is 3.18. The van der Waals surface area contributed by atoms with Gasteiger partial charge in [-0.05, 0) is 12.8 Å². The maximum Gasteiger partial charge on any atom is 0.133 e. The fourth-order valence-electron chi connectivity index (χ4n) is 0.969. The molecule has 3 heteroatoms. The van der Waals surface area contributed by atoms with E-state index in [0.717, 1.165) is 19.1 Å². The van der Waals surface area contributed by atoms with E-state index in [1.54, 1.807) is 0 Å². The van der Waals surface area contributed by atoms with Crippen LogP contribution in [0, 0.1) is 0 Å². The molecule has 1 aliphatic rings. The molecule has 9 heavy (non-hydrogen) atoms. The Labute approximate surface area is 54.1 Å². The van der Waals surface area contributed by atoms with E-state index in [4.69, 9.17) is 5.11 Å². The van der Waals surface area contributed by atoms with E-state index >= 15 is 0 Å². The molecular weight excluding hydrogens is 118 g/mol. The number of aliphatic hydroxyl groups is 1. The van der Waals surface area contributed by atoms with E-state index in [1.807, 2.05) is 0 Å². The third kappa shape index (κ3) is 1.77. The standard InChI is InChI=1S/C6H11NO2/c8-2-1-7-5-3-6(9)4-5/h2,5-7,9H,1,3-4H2. The predicted molar refractivity (Wildman–Crippen MR) is 33.1 cm³/mol. The van der Waals surface area contributed by atoms with Crippen molar-refractivity contribution in [1.29, 1.82) is 0 Å². The number of aldehydes is 1. The van der Waals surface area contributed by atoms with E-state index in [2.05, 4.69) is 5.32 Å². The Morgan fingerprint density at radius 3 is 2.78 bits per heavy atom. The molecule has 0 amide bonds. The lowest BCUT2D eigenvalue weighted by Crippen LogP contribution is -2.44. The average Bonchev–Trinajstić information content (AvgIpc) is 1.78. The molecule has 2 N–H and O–H groups in total. The summed E-state index contributed by atoms with van der Waals surface area (Å²) in [6, 6.07) is 0.380. The van der Waals surface area contributed by atoms with E-state index in [9.17, 15) is 4.79 Å². The maximum absolute atomic E-state index is 9.81. The van der Waals surface area contributed by atoms with Crippen molar-refractivity contribution in [3.63, 3.8) is 0 Å². The van der Waals surface area contributed by atoms with Crippen LogP contribution in [-0.2, 0) is 4.79 Å². The molecule has 0 heterocycles. The van der Waals surface area contributed by atoms with Crippen molar-refractivity contribution in [2.75, 3.05) is 6.54 Å². The molecule has 0 atom stereocenters. The van der Waals surface area contributed by atoms with Crippen molar-refractivity contribution in [3.05, 3.63) is 0 Å². The molecule has 0 saturated heterocycles. The Morgan fingerprint density at radius 2 is 2.33 bits per heavy atom. The molecule has 0 aromatic carbocycles. The lowest BCUT2D eigenvalue weighted by Gasteiger charge is -2.31. The van der Waals surface area contributed by atoms with Gasteiger partial charge in [0, 0.05) is 6.04 Å². The van der Waals surface area contributed by atoms with Gasteiger partial charge in [-0.2, -0.15) is 0 Å². The monoisotopic (exact) mass is 129 g/mol. The summed E-state index contributed by atoms with van der Waals surface area (Å²) in [6.07, 6.45) is 2.31. The van der Waals surface area contributed by atoms with Gasteiger partial charge in [0.2, 0.25) is 0 Å². The minimum atomic E-state index is -0.130. The number of hydrogen-bond acceptors (Lipinski definition) is 3. The van der Waals surface area contributed by atoms with Crippen LogP contribution in [0.3, 0.4) is 0 Å². The first kappa shape index (κ1) is 6.71. The Bertz CT molecular complexity index is 99.2. The second kappa shape index (κ2) is 2.94. The highest BCUT2D eigenvalue weighted by molar-refractivity contribution is 5.51. The zero-order valence-electron chi connectivity index (χ0n) is 5.21. The van der Waals surface area contributed by atoms with Crippen LogP contribution in [0.1, 0.15) is 12.8 Å². The Kier molecular flexibility index (Phi) is 2.19. The molecule has 1 saturated carbocycles. The van der Waals surface area contributed by atoms with Gasteiger partial charge in [0.05, 0.1) is 12.6 Å². The van der Waals surface area contributed by atoms with Crippen molar-refractivity contribution in [2.45, 2.75) is 25.0 Å². The van der Waals surface area contributed by atoms with Crippen LogP contribution in [0.2, 0.25) is 0 Å². The second-order valence-corrected chi connectivity index (χ2v) is 2.40. The number of rotatable bonds is 3. The van der Waals surface area contributed by atoms with Crippen LogP contribution in [-0.4, -0.2) is 30.1 Å². The van der Waals surface area contributed by atoms with Crippen molar-refractivity contribution in [1.82, 2.24) is 5.32 Å². The maximum atomic E-state index is 9.81. The zero-order valence-corrected chi connectivity index (χ0v) is 5.21. The number of carbonyl (C=O) groups excluding carboxylic acids is 1. The topological polar surface area (TPSA) is 49.3 Å². The highest BCUT2D eigenvalue weighted by Crippen LogP contribution is 2.18. The second-order valence-electron chi connectivity index (χ2n) is 2.40. The first-order chi connectivity index (χ1) is 4.33. The van der Waals surface area contributed by atoms with E-state index in [1.165, 1.54) is 0 Å². The molecule has 1 fully saturated rings. The van der Waals surface area contributed by atoms with Gasteiger partial charge in [-0.15, -0.1) is 0 Å². The molecule has 0 unspecified atom stereocenters. The fraction of sp³-hybridized carbons (Fsp3) is 0.833. The predicted octanol–water partition coefficient (Wildman–Crippen LogP) is -0.702. The molecule has 0 aromatic heterocycles. The van der Waals surface area contributed by atoms with E-state index < -0.39 is 0 Å². The van der Waals surface area contributed by atoms with Crippen molar-refractivity contribution in [2.24, 2.45) is 0 Å². The van der Waals surface area contributed by atoms with Crippen molar-refractivity contribution < 1.29 is 9.90 Å². The summed E-state index contributed by atoms with van der Waals surface area (Å²) in [5.74, 6) is 0. The van der Waals surface area contributed by atoms with Gasteiger partial charge in [-0.3, -0.25) is 0 Å². The Hall–Kier alpha value is -0.410. The van der Waals surface area contributed by atoms with Gasteiger partial charge in [0.1, 0.15) is 6.29 Å². The highest BCUT2D eigenvalue weighted by atomic mass is 16.3. The van der Waals surface area contributed by atoms with E-state index in [0.29, 0.717) is 12.6 Å². The summed E-state index contributed by atoms with van der Waals surface area (Å²) in [5.41, 5.74) is 0. The minimum absolute atomic E-state index is 0.130. The molecule has 0 spiro atoms. The summed E-state index contributed by atoms with van der Waals surface area (Å²) < 4.78 is 0. The number of aliphatic hydroxyl groups excluding tert-OH is 1. The normalized spacial score (nSPS) is 33.4. The quantitative estimate of drug-likeness (QED) is 0.495. The number of carbonyl (C=O) groups is 1. The molecule has 1 rings (SSSR count). The van der Waals surface area contributed by atoms with Gasteiger partial charge < -0.3 is 15.2 Å². The van der Waals surface area contributed by atoms with Crippen LogP contribution in [0.5, 0.6) is 0 Å². The van der Waals surface area contributed by atoms with Crippen molar-refractivity contribution >= 4 is 6.29 Å². The molecular formula is C6H11NO2. The van der Waals surface area contributed by atoms with Crippen LogP contribution < -0.4 is 5.32 Å². The van der Waals surface area contributed by atoms with Crippen molar-refractivity contribution in [3.8, 4) is 0 Å². The van der Waals surface area contributed by atoms with Crippen LogP contribution in [0.4, 0.5) is 0 Å². The number of hydrogen-bond donors (Lipinski definition) is 2. The molecule has 0 bridgehead atoms. The Morgan fingerprint density at radius 1 is 1.67 bits per heavy atom. The fourth-order valence-corrected chi connectivity index (χ4v) is 0.969. The summed E-state index contributed by atoms with van der Waals surface area (Å²) in [7, 11) is 0. The average molecular weight is 129 g/mol. The molecule has 52 valence electrons. The molecule has 0 aromatic rings. The first-order valence-corrected chi connectivity index (χ1v) is 3.18. The molecule has 1 aliphatic carbocycles. The van der Waals surface area contributed by atoms with Crippen LogP contribution in [0.15, 0.2) is 0 Å². The molecule has 0 radical (unpaired) electrons. The summed E-state index contributed by atoms with van der Waals surface area (Å²) >= 11 is 0. The summed E-state index contributed by atoms with van der Waals surface area (Å²) in [5, 5.41) is 11.8. The summed E-state index contributed by atoms with van der Waals surface area (Å²) in [4.78, 5) is 9.81. The third-order valence-corrected chi connectivity index (χ3v) is 1.60. The van der Waals surface area contributed by atoms with Gasteiger partial charge >= 0.3 is 0 Å². The largest absolute Gasteiger partial charge is 0.393 e. The lowest BCUT2D eigenvalue weighted by atomic mass is 9.90. The molecule has 3 nitrogen and oxygen atoms in total. The highest BCUT2D eigenvalue weighted by Gasteiger charge is 2.25. The summed E-state index contributed by atoms with van der Waals surface area (Å²) in [6.45, 7) is 0.414. The third-order valence-electron chi connectivity index (χ3n) is 1.60. The van der Waals surface area contributed by atoms with Gasteiger partial charge in [-0.1, -0.05) is 0 Å². The molecule has 0 aliphatic heterocycles. The van der Waals surface area contributed by atoms with E-state index in [-0.39, 0.29) is 6.10 Å².